The first-order valence-electron chi connectivity index (χ1n) is 5.55. The predicted molar refractivity (Wildman–Crippen MR) is 66.1 cm³/mol. The zero-order chi connectivity index (χ0) is 13.1. The van der Waals surface area contributed by atoms with Gasteiger partial charge in [0.15, 0.2) is 5.78 Å². The Bertz CT molecular complexity index is 406. The van der Waals surface area contributed by atoms with Crippen molar-refractivity contribution < 1.29 is 13.9 Å². The molecule has 4 heteroatoms. The second-order valence-corrected chi connectivity index (χ2v) is 4.27. The molecule has 0 amide bonds. The number of hydrogen-bond donors (Lipinski definition) is 0. The Balaban J connectivity index is 3.23. The van der Waals surface area contributed by atoms with Crippen LogP contribution in [0.4, 0.5) is 4.39 Å². The van der Waals surface area contributed by atoms with Gasteiger partial charge in [-0.15, -0.1) is 0 Å². The highest BCUT2D eigenvalue weighted by Gasteiger charge is 2.36. The van der Waals surface area contributed by atoms with E-state index in [2.05, 4.69) is 0 Å². The van der Waals surface area contributed by atoms with E-state index in [9.17, 15) is 9.18 Å². The maximum Gasteiger partial charge on any atom is 0.196 e. The van der Waals surface area contributed by atoms with Crippen LogP contribution in [0.3, 0.4) is 0 Å². The maximum absolute atomic E-state index is 13.2. The minimum atomic E-state index is -0.919. The van der Waals surface area contributed by atoms with Crippen LogP contribution in [-0.4, -0.2) is 18.5 Å². The summed E-state index contributed by atoms with van der Waals surface area (Å²) in [5.74, 6) is -0.746. The molecular formula is C13H16ClFO2. The summed E-state index contributed by atoms with van der Waals surface area (Å²) in [5, 5.41) is 0.250. The maximum atomic E-state index is 13.2. The second-order valence-electron chi connectivity index (χ2n) is 3.86. The molecule has 0 aliphatic heterocycles. The summed E-state index contributed by atoms with van der Waals surface area (Å²) in [4.78, 5) is 12.4. The Hall–Kier alpha value is -0.930. The van der Waals surface area contributed by atoms with Gasteiger partial charge in [0, 0.05) is 12.7 Å². The van der Waals surface area contributed by atoms with Gasteiger partial charge in [0.25, 0.3) is 0 Å². The number of halogens is 2. The number of rotatable bonds is 5. The number of hydrogen-bond acceptors (Lipinski definition) is 2. The topological polar surface area (TPSA) is 26.3 Å². The van der Waals surface area contributed by atoms with E-state index in [4.69, 9.17) is 16.3 Å². The first kappa shape index (κ1) is 14.1. The number of carbonyl (C=O) groups is 1. The first-order chi connectivity index (χ1) is 8.00. The summed E-state index contributed by atoms with van der Waals surface area (Å²) in [5.41, 5.74) is -0.741. The molecule has 1 rings (SSSR count). The fourth-order valence-electron chi connectivity index (χ4n) is 1.87. The molecule has 94 valence electrons. The molecule has 0 bridgehead atoms. The highest BCUT2D eigenvalue weighted by atomic mass is 35.5. The summed E-state index contributed by atoms with van der Waals surface area (Å²) in [6.07, 6.45) is 1.04. The zero-order valence-electron chi connectivity index (χ0n) is 10.2. The molecule has 0 atom stereocenters. The van der Waals surface area contributed by atoms with Crippen molar-refractivity contribution >= 4 is 17.4 Å². The average molecular weight is 259 g/mol. The molecular weight excluding hydrogens is 243 g/mol. The Morgan fingerprint density at radius 1 is 1.41 bits per heavy atom. The number of ketones is 1. The summed E-state index contributed by atoms with van der Waals surface area (Å²) < 4.78 is 18.5. The van der Waals surface area contributed by atoms with E-state index in [1.54, 1.807) is 0 Å². The van der Waals surface area contributed by atoms with E-state index in [0.29, 0.717) is 12.8 Å². The monoisotopic (exact) mass is 258 g/mol. The van der Waals surface area contributed by atoms with Gasteiger partial charge in [0.1, 0.15) is 11.4 Å². The molecule has 0 saturated heterocycles. The number of carbonyl (C=O) groups excluding carboxylic acids is 1. The van der Waals surface area contributed by atoms with Crippen LogP contribution in [0, 0.1) is 5.82 Å². The van der Waals surface area contributed by atoms with Gasteiger partial charge in [-0.2, -0.15) is 0 Å². The van der Waals surface area contributed by atoms with Gasteiger partial charge < -0.3 is 4.74 Å². The third kappa shape index (κ3) is 2.67. The normalized spacial score (nSPS) is 11.6. The number of Topliss-reactive ketones (excluding diaryl/α,β-unsaturated/α-hetero) is 1. The van der Waals surface area contributed by atoms with Crippen LogP contribution >= 0.6 is 11.6 Å². The Kier molecular flexibility index (Phi) is 4.66. The lowest BCUT2D eigenvalue weighted by molar-refractivity contribution is -0.00262. The fraction of sp³-hybridized carbons (Fsp3) is 0.462. The highest BCUT2D eigenvalue weighted by molar-refractivity contribution is 6.34. The van der Waals surface area contributed by atoms with Gasteiger partial charge in [0.2, 0.25) is 0 Å². The van der Waals surface area contributed by atoms with Crippen LogP contribution in [0.25, 0.3) is 0 Å². The van der Waals surface area contributed by atoms with Crippen LogP contribution in [-0.2, 0) is 4.74 Å². The molecule has 0 N–H and O–H groups in total. The lowest BCUT2D eigenvalue weighted by Crippen LogP contribution is -2.39. The van der Waals surface area contributed by atoms with Gasteiger partial charge in [-0.25, -0.2) is 4.39 Å². The van der Waals surface area contributed by atoms with Gasteiger partial charge >= 0.3 is 0 Å². The van der Waals surface area contributed by atoms with E-state index in [1.807, 2.05) is 13.8 Å². The molecule has 0 aliphatic rings. The number of benzene rings is 1. The zero-order valence-corrected chi connectivity index (χ0v) is 11.0. The van der Waals surface area contributed by atoms with Crippen molar-refractivity contribution in [2.75, 3.05) is 7.11 Å². The van der Waals surface area contributed by atoms with Crippen molar-refractivity contribution in [3.63, 3.8) is 0 Å². The third-order valence-corrected chi connectivity index (χ3v) is 3.45. The van der Waals surface area contributed by atoms with E-state index in [-0.39, 0.29) is 16.4 Å². The lowest BCUT2D eigenvalue weighted by Gasteiger charge is -2.28. The van der Waals surface area contributed by atoms with Crippen LogP contribution in [0.15, 0.2) is 18.2 Å². The van der Waals surface area contributed by atoms with Crippen molar-refractivity contribution in [3.8, 4) is 0 Å². The quantitative estimate of drug-likeness (QED) is 0.750. The predicted octanol–water partition coefficient (Wildman–Crippen LogP) is 3.87. The molecule has 0 radical (unpaired) electrons. The summed E-state index contributed by atoms with van der Waals surface area (Å²) in [7, 11) is 1.48. The van der Waals surface area contributed by atoms with Crippen molar-refractivity contribution in [1.29, 1.82) is 0 Å². The molecule has 0 saturated carbocycles. The van der Waals surface area contributed by atoms with Crippen LogP contribution in [0.5, 0.6) is 0 Å². The smallest absolute Gasteiger partial charge is 0.196 e. The van der Waals surface area contributed by atoms with Gasteiger partial charge in [-0.3, -0.25) is 4.79 Å². The van der Waals surface area contributed by atoms with Crippen LogP contribution in [0.1, 0.15) is 37.0 Å². The van der Waals surface area contributed by atoms with E-state index < -0.39 is 11.4 Å². The average Bonchev–Trinajstić information content (AvgIpc) is 2.35. The second kappa shape index (κ2) is 5.61. The lowest BCUT2D eigenvalue weighted by atomic mass is 9.87. The molecule has 1 aromatic rings. The van der Waals surface area contributed by atoms with E-state index >= 15 is 0 Å². The number of methoxy groups -OCH3 is 1. The molecule has 1 aromatic carbocycles. The molecule has 17 heavy (non-hydrogen) atoms. The van der Waals surface area contributed by atoms with Gasteiger partial charge in [-0.05, 0) is 31.0 Å². The Labute approximate surface area is 106 Å². The SMILES string of the molecule is CCC(CC)(OC)C(=O)c1cc(F)ccc1Cl. The summed E-state index contributed by atoms with van der Waals surface area (Å²) in [6.45, 7) is 3.72. The summed E-state index contributed by atoms with van der Waals surface area (Å²) >= 11 is 5.92. The van der Waals surface area contributed by atoms with Crippen LogP contribution < -0.4 is 0 Å². The molecule has 0 aromatic heterocycles. The molecule has 2 nitrogen and oxygen atoms in total. The Morgan fingerprint density at radius 2 is 2.00 bits per heavy atom. The Morgan fingerprint density at radius 3 is 2.47 bits per heavy atom. The third-order valence-electron chi connectivity index (χ3n) is 3.12. The number of ether oxygens (including phenoxy) is 1. The highest BCUT2D eigenvalue weighted by Crippen LogP contribution is 2.28. The minimum absolute atomic E-state index is 0.178. The van der Waals surface area contributed by atoms with Crippen molar-refractivity contribution in [3.05, 3.63) is 34.6 Å². The summed E-state index contributed by atoms with van der Waals surface area (Å²) in [6, 6.07) is 3.77. The minimum Gasteiger partial charge on any atom is -0.370 e. The first-order valence-corrected chi connectivity index (χ1v) is 5.93. The molecule has 0 fully saturated rings. The van der Waals surface area contributed by atoms with Crippen molar-refractivity contribution in [2.45, 2.75) is 32.3 Å². The van der Waals surface area contributed by atoms with Crippen molar-refractivity contribution in [1.82, 2.24) is 0 Å². The van der Waals surface area contributed by atoms with E-state index in [0.717, 1.165) is 6.07 Å². The van der Waals surface area contributed by atoms with Gasteiger partial charge in [-0.1, -0.05) is 25.4 Å². The molecule has 0 heterocycles. The standard InChI is InChI=1S/C13H16ClFO2/c1-4-13(5-2,17-3)12(16)10-8-9(15)6-7-11(10)14/h6-8H,4-5H2,1-3H3. The van der Waals surface area contributed by atoms with Crippen molar-refractivity contribution in [2.24, 2.45) is 0 Å². The van der Waals surface area contributed by atoms with Gasteiger partial charge in [0.05, 0.1) is 5.02 Å². The molecule has 0 aliphatic carbocycles. The fourth-order valence-corrected chi connectivity index (χ4v) is 2.07. The molecule has 0 spiro atoms. The van der Waals surface area contributed by atoms with E-state index in [1.165, 1.54) is 19.2 Å². The van der Waals surface area contributed by atoms with Crippen LogP contribution in [0.2, 0.25) is 5.02 Å². The molecule has 0 unspecified atom stereocenters. The largest absolute Gasteiger partial charge is 0.370 e.